The number of piperidine rings is 1. The van der Waals surface area contributed by atoms with Crippen molar-refractivity contribution in [3.63, 3.8) is 0 Å². The molecule has 152 valence electrons. The first-order valence-electron chi connectivity index (χ1n) is 10.1. The standard InChI is InChI=1S/C22H25N3O2S2/c1-27-13-7-12-25-21(26)19(29-22(25)28)15-17-14-16-8-3-4-9-18(16)23-20(17)24-10-5-2-6-11-24/h3-4,8-9,14-15H,2,5-7,10-13H2,1H3/b19-15-. The molecular weight excluding hydrogens is 402 g/mol. The van der Waals surface area contributed by atoms with Crippen LogP contribution in [0, 0.1) is 0 Å². The van der Waals surface area contributed by atoms with Crippen LogP contribution < -0.4 is 4.90 Å². The van der Waals surface area contributed by atoms with Crippen molar-refractivity contribution in [2.45, 2.75) is 25.7 Å². The first-order valence-corrected chi connectivity index (χ1v) is 11.3. The number of hydrogen-bond donors (Lipinski definition) is 0. The van der Waals surface area contributed by atoms with E-state index in [4.69, 9.17) is 21.9 Å². The summed E-state index contributed by atoms with van der Waals surface area (Å²) in [5, 5.41) is 1.08. The number of nitrogens with zero attached hydrogens (tertiary/aromatic N) is 3. The third-order valence-corrected chi connectivity index (χ3v) is 6.66. The second kappa shape index (κ2) is 9.24. The van der Waals surface area contributed by atoms with E-state index in [2.05, 4.69) is 17.0 Å². The minimum absolute atomic E-state index is 0.0196. The second-order valence-electron chi connectivity index (χ2n) is 7.32. The van der Waals surface area contributed by atoms with Gasteiger partial charge in [-0.2, -0.15) is 0 Å². The number of methoxy groups -OCH3 is 1. The van der Waals surface area contributed by atoms with Crippen LogP contribution in [0.5, 0.6) is 0 Å². The lowest BCUT2D eigenvalue weighted by atomic mass is 10.1. The summed E-state index contributed by atoms with van der Waals surface area (Å²) in [6.07, 6.45) is 6.36. The molecular formula is C22H25N3O2S2. The van der Waals surface area contributed by atoms with Crippen LogP contribution in [-0.4, -0.2) is 53.5 Å². The number of thiocarbonyl (C=S) groups is 1. The molecule has 0 aliphatic carbocycles. The lowest BCUT2D eigenvalue weighted by Gasteiger charge is -2.29. The number of hydrogen-bond acceptors (Lipinski definition) is 6. The lowest BCUT2D eigenvalue weighted by Crippen LogP contribution is -2.31. The van der Waals surface area contributed by atoms with Crippen molar-refractivity contribution in [2.75, 3.05) is 38.3 Å². The van der Waals surface area contributed by atoms with Crippen LogP contribution in [0.3, 0.4) is 0 Å². The van der Waals surface area contributed by atoms with E-state index in [1.807, 2.05) is 24.3 Å². The van der Waals surface area contributed by atoms with E-state index >= 15 is 0 Å². The predicted molar refractivity (Wildman–Crippen MR) is 124 cm³/mol. The summed E-state index contributed by atoms with van der Waals surface area (Å²) >= 11 is 6.83. The largest absolute Gasteiger partial charge is 0.385 e. The Morgan fingerprint density at radius 3 is 2.83 bits per heavy atom. The summed E-state index contributed by atoms with van der Waals surface area (Å²) in [5.41, 5.74) is 1.97. The molecule has 2 aromatic rings. The van der Waals surface area contributed by atoms with Crippen LogP contribution in [0.15, 0.2) is 35.2 Å². The average Bonchev–Trinajstić information content (AvgIpc) is 3.01. The van der Waals surface area contributed by atoms with Gasteiger partial charge in [0.05, 0.1) is 10.4 Å². The predicted octanol–water partition coefficient (Wildman–Crippen LogP) is 4.46. The highest BCUT2D eigenvalue weighted by Gasteiger charge is 2.32. The fourth-order valence-electron chi connectivity index (χ4n) is 3.79. The Morgan fingerprint density at radius 1 is 1.24 bits per heavy atom. The fourth-order valence-corrected chi connectivity index (χ4v) is 5.09. The van der Waals surface area contributed by atoms with Crippen LogP contribution in [0.4, 0.5) is 5.82 Å². The van der Waals surface area contributed by atoms with Gasteiger partial charge in [-0.25, -0.2) is 4.98 Å². The van der Waals surface area contributed by atoms with E-state index in [9.17, 15) is 4.79 Å². The second-order valence-corrected chi connectivity index (χ2v) is 9.00. The van der Waals surface area contributed by atoms with Gasteiger partial charge in [-0.05, 0) is 43.9 Å². The third-order valence-electron chi connectivity index (χ3n) is 5.28. The van der Waals surface area contributed by atoms with E-state index in [0.717, 1.165) is 41.8 Å². The molecule has 0 unspecified atom stereocenters. The SMILES string of the molecule is COCCCN1C(=O)/C(=C/c2cc3ccccc3nc2N2CCCCC2)SC1=S. The van der Waals surface area contributed by atoms with Crippen molar-refractivity contribution in [1.29, 1.82) is 0 Å². The van der Waals surface area contributed by atoms with Gasteiger partial charge in [-0.1, -0.05) is 42.2 Å². The Labute approximate surface area is 181 Å². The zero-order chi connectivity index (χ0) is 20.2. The molecule has 1 aromatic carbocycles. The first-order chi connectivity index (χ1) is 14.2. The van der Waals surface area contributed by atoms with Crippen molar-refractivity contribution in [2.24, 2.45) is 0 Å². The molecule has 1 aromatic heterocycles. The highest BCUT2D eigenvalue weighted by molar-refractivity contribution is 8.26. The van der Waals surface area contributed by atoms with Crippen LogP contribution in [-0.2, 0) is 9.53 Å². The third kappa shape index (κ3) is 4.47. The smallest absolute Gasteiger partial charge is 0.266 e. The first kappa shape index (κ1) is 20.3. The fraction of sp³-hybridized carbons (Fsp3) is 0.409. The van der Waals surface area contributed by atoms with Gasteiger partial charge >= 0.3 is 0 Å². The number of fused-ring (bicyclic) bond motifs is 1. The Kier molecular flexibility index (Phi) is 6.47. The van der Waals surface area contributed by atoms with Gasteiger partial charge in [0, 0.05) is 44.3 Å². The van der Waals surface area contributed by atoms with Gasteiger partial charge in [0.25, 0.3) is 5.91 Å². The molecule has 2 aliphatic heterocycles. The quantitative estimate of drug-likeness (QED) is 0.385. The maximum absolute atomic E-state index is 12.9. The Balaban J connectivity index is 1.69. The van der Waals surface area contributed by atoms with E-state index in [0.29, 0.717) is 22.4 Å². The molecule has 2 fully saturated rings. The summed E-state index contributed by atoms with van der Waals surface area (Å²) in [5.74, 6) is 0.946. The molecule has 2 aliphatic rings. The summed E-state index contributed by atoms with van der Waals surface area (Å²) < 4.78 is 5.72. The summed E-state index contributed by atoms with van der Waals surface area (Å²) in [7, 11) is 1.67. The summed E-state index contributed by atoms with van der Waals surface area (Å²) in [4.78, 5) is 22.6. The minimum Gasteiger partial charge on any atom is -0.385 e. The zero-order valence-corrected chi connectivity index (χ0v) is 18.2. The van der Waals surface area contributed by atoms with Crippen LogP contribution in [0.1, 0.15) is 31.2 Å². The summed E-state index contributed by atoms with van der Waals surface area (Å²) in [6, 6.07) is 10.3. The van der Waals surface area contributed by atoms with Crippen LogP contribution in [0.25, 0.3) is 17.0 Å². The van der Waals surface area contributed by atoms with Crippen LogP contribution in [0.2, 0.25) is 0 Å². The number of ether oxygens (including phenoxy) is 1. The van der Waals surface area contributed by atoms with Crippen molar-refractivity contribution < 1.29 is 9.53 Å². The van der Waals surface area contributed by atoms with Gasteiger partial charge in [0.1, 0.15) is 10.1 Å². The number of para-hydroxylation sites is 1. The number of rotatable bonds is 6. The Bertz CT molecular complexity index is 954. The maximum atomic E-state index is 12.9. The topological polar surface area (TPSA) is 45.7 Å². The number of pyridine rings is 1. The van der Waals surface area contributed by atoms with E-state index in [-0.39, 0.29) is 5.91 Å². The molecule has 4 rings (SSSR count). The number of carbonyl (C=O) groups is 1. The molecule has 3 heterocycles. The van der Waals surface area contributed by atoms with E-state index in [1.54, 1.807) is 12.0 Å². The van der Waals surface area contributed by atoms with Crippen molar-refractivity contribution in [3.8, 4) is 0 Å². The zero-order valence-electron chi connectivity index (χ0n) is 16.6. The lowest BCUT2D eigenvalue weighted by molar-refractivity contribution is -0.122. The van der Waals surface area contributed by atoms with Gasteiger partial charge in [0.2, 0.25) is 0 Å². The minimum atomic E-state index is -0.0196. The maximum Gasteiger partial charge on any atom is 0.266 e. The Hall–Kier alpha value is -1.96. The molecule has 0 N–H and O–H groups in total. The number of anilines is 1. The average molecular weight is 428 g/mol. The van der Waals surface area contributed by atoms with Gasteiger partial charge in [-0.15, -0.1) is 0 Å². The Morgan fingerprint density at radius 2 is 2.03 bits per heavy atom. The summed E-state index contributed by atoms with van der Waals surface area (Å²) in [6.45, 7) is 3.21. The number of thioether (sulfide) groups is 1. The highest BCUT2D eigenvalue weighted by atomic mass is 32.2. The van der Waals surface area contributed by atoms with E-state index < -0.39 is 0 Å². The van der Waals surface area contributed by atoms with Crippen molar-refractivity contribution in [3.05, 3.63) is 40.8 Å². The molecule has 5 nitrogen and oxygen atoms in total. The van der Waals surface area contributed by atoms with E-state index in [1.165, 1.54) is 31.0 Å². The monoisotopic (exact) mass is 427 g/mol. The molecule has 0 spiro atoms. The van der Waals surface area contributed by atoms with Gasteiger partial charge in [-0.3, -0.25) is 9.69 Å². The van der Waals surface area contributed by atoms with Crippen molar-refractivity contribution >= 4 is 57.0 Å². The molecule has 2 saturated heterocycles. The molecule has 29 heavy (non-hydrogen) atoms. The molecule has 0 atom stereocenters. The van der Waals surface area contributed by atoms with Crippen molar-refractivity contribution in [1.82, 2.24) is 9.88 Å². The molecule has 7 heteroatoms. The molecule has 0 saturated carbocycles. The molecule has 1 amide bonds. The highest BCUT2D eigenvalue weighted by Crippen LogP contribution is 2.35. The normalized spacial score (nSPS) is 19.0. The number of aromatic nitrogens is 1. The van der Waals surface area contributed by atoms with Crippen LogP contribution >= 0.6 is 24.0 Å². The number of carbonyl (C=O) groups excluding carboxylic acids is 1. The molecule has 0 radical (unpaired) electrons. The molecule has 0 bridgehead atoms. The number of amides is 1. The number of benzene rings is 1. The van der Waals surface area contributed by atoms with Gasteiger partial charge in [0.15, 0.2) is 0 Å². The van der Waals surface area contributed by atoms with Gasteiger partial charge < -0.3 is 9.64 Å².